The van der Waals surface area contributed by atoms with Crippen molar-refractivity contribution in [3.05, 3.63) is 36.0 Å². The van der Waals surface area contributed by atoms with Crippen molar-refractivity contribution in [3.63, 3.8) is 0 Å². The molecule has 2 heterocycles. The number of anilines is 1. The van der Waals surface area contributed by atoms with Gasteiger partial charge in [-0.2, -0.15) is 0 Å². The highest BCUT2D eigenvalue weighted by atomic mass is 16.5. The first-order valence-corrected chi connectivity index (χ1v) is 4.74. The molecule has 0 unspecified atom stereocenters. The summed E-state index contributed by atoms with van der Waals surface area (Å²) in [5.74, 6) is 7.06. The lowest BCUT2D eigenvalue weighted by atomic mass is 10.3. The van der Waals surface area contributed by atoms with Gasteiger partial charge in [0, 0.05) is 0 Å². The first-order chi connectivity index (χ1) is 7.81. The molecular weight excluding hydrogens is 208 g/mol. The fourth-order valence-corrected chi connectivity index (χ4v) is 1.26. The number of nitrogens with one attached hydrogen (secondary N) is 1. The van der Waals surface area contributed by atoms with Gasteiger partial charge in [-0.3, -0.25) is 0 Å². The van der Waals surface area contributed by atoms with Crippen LogP contribution in [0.5, 0.6) is 5.88 Å². The summed E-state index contributed by atoms with van der Waals surface area (Å²) in [4.78, 5) is 7.97. The molecule has 0 aliphatic carbocycles. The van der Waals surface area contributed by atoms with E-state index in [1.54, 1.807) is 12.3 Å². The van der Waals surface area contributed by atoms with E-state index in [0.717, 1.165) is 11.3 Å². The number of nitrogens with two attached hydrogens (primary N) is 1. The van der Waals surface area contributed by atoms with Crippen molar-refractivity contribution in [3.8, 4) is 5.88 Å². The lowest BCUT2D eigenvalue weighted by Crippen LogP contribution is -2.11. The number of aromatic nitrogens is 2. The van der Waals surface area contributed by atoms with Gasteiger partial charge in [-0.25, -0.2) is 15.8 Å². The Morgan fingerprint density at radius 2 is 2.38 bits per heavy atom. The van der Waals surface area contributed by atoms with Gasteiger partial charge in [0.1, 0.15) is 24.5 Å². The molecule has 16 heavy (non-hydrogen) atoms. The molecule has 2 aromatic heterocycles. The molecule has 0 saturated carbocycles. The molecule has 3 N–H and O–H groups in total. The third kappa shape index (κ3) is 2.12. The molecule has 2 rings (SSSR count). The van der Waals surface area contributed by atoms with Crippen LogP contribution in [0.2, 0.25) is 0 Å². The van der Waals surface area contributed by atoms with Gasteiger partial charge >= 0.3 is 0 Å². The van der Waals surface area contributed by atoms with Gasteiger partial charge in [0.15, 0.2) is 0 Å². The van der Waals surface area contributed by atoms with Crippen LogP contribution in [0, 0.1) is 6.92 Å². The number of hydrogen-bond donors (Lipinski definition) is 2. The lowest BCUT2D eigenvalue weighted by molar-refractivity contribution is 0.258. The quantitative estimate of drug-likeness (QED) is 0.595. The molecule has 0 saturated heterocycles. The maximum absolute atomic E-state index is 5.48. The summed E-state index contributed by atoms with van der Waals surface area (Å²) in [6.45, 7) is 2.15. The van der Waals surface area contributed by atoms with Gasteiger partial charge in [0.25, 0.3) is 0 Å². The van der Waals surface area contributed by atoms with E-state index < -0.39 is 0 Å². The predicted octanol–water partition coefficient (Wildman–Crippen LogP) is 1.24. The van der Waals surface area contributed by atoms with Crippen LogP contribution in [0.25, 0.3) is 0 Å². The van der Waals surface area contributed by atoms with Crippen molar-refractivity contribution in [2.24, 2.45) is 5.84 Å². The number of nitrogens with zero attached hydrogens (tertiary/aromatic N) is 2. The molecule has 0 aromatic carbocycles. The molecule has 6 nitrogen and oxygen atoms in total. The van der Waals surface area contributed by atoms with Crippen LogP contribution < -0.4 is 16.0 Å². The number of hydrogen-bond acceptors (Lipinski definition) is 6. The number of ether oxygens (including phenoxy) is 1. The third-order valence-corrected chi connectivity index (χ3v) is 2.11. The lowest BCUT2D eigenvalue weighted by Gasteiger charge is -2.08. The first-order valence-electron chi connectivity index (χ1n) is 4.74. The highest BCUT2D eigenvalue weighted by Gasteiger charge is 2.07. The average molecular weight is 220 g/mol. The van der Waals surface area contributed by atoms with Crippen molar-refractivity contribution in [1.29, 1.82) is 0 Å². The molecule has 84 valence electrons. The monoisotopic (exact) mass is 220 g/mol. The first kappa shape index (κ1) is 10.4. The minimum atomic E-state index is 0.328. The standard InChI is InChI=1S/C10H12N4O2/c1-7-9(14-11)12-6-13-10(7)16-5-8-3-2-4-15-8/h2-4,6H,5,11H2,1H3,(H,12,13,14). The van der Waals surface area contributed by atoms with Crippen LogP contribution in [0.1, 0.15) is 11.3 Å². The maximum atomic E-state index is 5.48. The summed E-state index contributed by atoms with van der Waals surface area (Å²) in [6, 6.07) is 3.64. The van der Waals surface area contributed by atoms with Gasteiger partial charge in [-0.15, -0.1) is 0 Å². The normalized spacial score (nSPS) is 10.1. The molecule has 0 aliphatic heterocycles. The van der Waals surface area contributed by atoms with Gasteiger partial charge in [-0.05, 0) is 19.1 Å². The van der Waals surface area contributed by atoms with Crippen molar-refractivity contribution >= 4 is 5.82 Å². The van der Waals surface area contributed by atoms with Crippen LogP contribution in [-0.2, 0) is 6.61 Å². The predicted molar refractivity (Wildman–Crippen MR) is 57.6 cm³/mol. The zero-order chi connectivity index (χ0) is 11.4. The molecule has 0 bridgehead atoms. The largest absolute Gasteiger partial charge is 0.469 e. The third-order valence-electron chi connectivity index (χ3n) is 2.11. The molecule has 0 atom stereocenters. The van der Waals surface area contributed by atoms with E-state index in [2.05, 4.69) is 15.4 Å². The summed E-state index contributed by atoms with van der Waals surface area (Å²) in [5, 5.41) is 0. The van der Waals surface area contributed by atoms with Crippen molar-refractivity contribution in [2.45, 2.75) is 13.5 Å². The summed E-state index contributed by atoms with van der Waals surface area (Å²) in [5.41, 5.74) is 3.23. The van der Waals surface area contributed by atoms with Crippen LogP contribution in [0.15, 0.2) is 29.1 Å². The number of rotatable bonds is 4. The Hall–Kier alpha value is -2.08. The van der Waals surface area contributed by atoms with E-state index in [-0.39, 0.29) is 0 Å². The topological polar surface area (TPSA) is 86.2 Å². The van der Waals surface area contributed by atoms with Gasteiger partial charge in [0.2, 0.25) is 5.88 Å². The summed E-state index contributed by atoms with van der Waals surface area (Å²) in [6.07, 6.45) is 2.98. The highest BCUT2D eigenvalue weighted by molar-refractivity contribution is 5.46. The van der Waals surface area contributed by atoms with Crippen LogP contribution in [0.3, 0.4) is 0 Å². The molecule has 0 spiro atoms. The smallest absolute Gasteiger partial charge is 0.221 e. The summed E-state index contributed by atoms with van der Waals surface area (Å²) >= 11 is 0. The maximum Gasteiger partial charge on any atom is 0.221 e. The second-order valence-electron chi connectivity index (χ2n) is 3.16. The Morgan fingerprint density at radius 1 is 1.50 bits per heavy atom. The van der Waals surface area contributed by atoms with Gasteiger partial charge in [0.05, 0.1) is 11.8 Å². The minimum Gasteiger partial charge on any atom is -0.469 e. The van der Waals surface area contributed by atoms with Crippen LogP contribution >= 0.6 is 0 Å². The zero-order valence-corrected chi connectivity index (χ0v) is 8.80. The Balaban J connectivity index is 2.09. The van der Waals surface area contributed by atoms with E-state index in [0.29, 0.717) is 18.3 Å². The molecule has 0 radical (unpaired) electrons. The highest BCUT2D eigenvalue weighted by Crippen LogP contribution is 2.20. The summed E-state index contributed by atoms with van der Waals surface area (Å²) in [7, 11) is 0. The molecule has 6 heteroatoms. The second-order valence-corrected chi connectivity index (χ2v) is 3.16. The number of nitrogen functional groups attached to an aromatic ring is 1. The molecular formula is C10H12N4O2. The Morgan fingerprint density at radius 3 is 3.06 bits per heavy atom. The fraction of sp³-hybridized carbons (Fsp3) is 0.200. The number of hydrazine groups is 1. The van der Waals surface area contributed by atoms with Crippen molar-refractivity contribution in [2.75, 3.05) is 5.43 Å². The van der Waals surface area contributed by atoms with E-state index in [1.807, 2.05) is 13.0 Å². The van der Waals surface area contributed by atoms with E-state index in [1.165, 1.54) is 6.33 Å². The fourth-order valence-electron chi connectivity index (χ4n) is 1.26. The Labute approximate surface area is 92.4 Å². The molecule has 0 amide bonds. The van der Waals surface area contributed by atoms with E-state index in [9.17, 15) is 0 Å². The van der Waals surface area contributed by atoms with Crippen LogP contribution in [0.4, 0.5) is 5.82 Å². The Bertz CT molecular complexity index is 456. The second kappa shape index (κ2) is 4.63. The molecule has 0 fully saturated rings. The van der Waals surface area contributed by atoms with Gasteiger partial charge in [-0.1, -0.05) is 0 Å². The van der Waals surface area contributed by atoms with Gasteiger partial charge < -0.3 is 14.6 Å². The minimum absolute atomic E-state index is 0.328. The summed E-state index contributed by atoms with van der Waals surface area (Å²) < 4.78 is 10.6. The van der Waals surface area contributed by atoms with Crippen molar-refractivity contribution < 1.29 is 9.15 Å². The Kier molecular flexibility index (Phi) is 3.02. The average Bonchev–Trinajstić information content (AvgIpc) is 2.81. The van der Waals surface area contributed by atoms with Crippen molar-refractivity contribution in [1.82, 2.24) is 9.97 Å². The zero-order valence-electron chi connectivity index (χ0n) is 8.80. The SMILES string of the molecule is Cc1c(NN)ncnc1OCc1ccco1. The van der Waals surface area contributed by atoms with E-state index >= 15 is 0 Å². The van der Waals surface area contributed by atoms with Crippen LogP contribution in [-0.4, -0.2) is 9.97 Å². The molecule has 2 aromatic rings. The van der Waals surface area contributed by atoms with E-state index in [4.69, 9.17) is 15.0 Å². The number of furan rings is 1. The molecule has 0 aliphatic rings.